The van der Waals surface area contributed by atoms with Gasteiger partial charge in [0.1, 0.15) is 24.2 Å². The number of carbonyl (C=O) groups excluding carboxylic acids is 2. The molecule has 1 saturated carbocycles. The molecule has 10 nitrogen and oxygen atoms in total. The van der Waals surface area contributed by atoms with E-state index in [4.69, 9.17) is 22.6 Å². The van der Waals surface area contributed by atoms with Crippen LogP contribution in [-0.2, 0) is 0 Å². The summed E-state index contributed by atoms with van der Waals surface area (Å²) < 4.78 is 46.5. The third-order valence-electron chi connectivity index (χ3n) is 7.86. The van der Waals surface area contributed by atoms with E-state index in [0.717, 1.165) is 17.7 Å². The van der Waals surface area contributed by atoms with Gasteiger partial charge in [-0.25, -0.2) is 4.98 Å². The number of hydrogen-bond acceptors (Lipinski definition) is 8. The Morgan fingerprint density at radius 3 is 2.48 bits per heavy atom. The number of nitrogen functional groups attached to an aromatic ring is 1. The predicted molar refractivity (Wildman–Crippen MR) is 139 cm³/mol. The van der Waals surface area contributed by atoms with Crippen LogP contribution in [0.1, 0.15) is 71.1 Å². The molecule has 0 bridgehead atoms. The van der Waals surface area contributed by atoms with Crippen LogP contribution in [0, 0.1) is 17.8 Å². The van der Waals surface area contributed by atoms with E-state index in [2.05, 4.69) is 20.9 Å². The van der Waals surface area contributed by atoms with Crippen LogP contribution < -0.4 is 21.1 Å². The summed E-state index contributed by atoms with van der Waals surface area (Å²) in [6, 6.07) is 2.84. The van der Waals surface area contributed by atoms with Crippen LogP contribution in [0.15, 0.2) is 18.2 Å². The fourth-order valence-corrected chi connectivity index (χ4v) is 5.24. The zero-order valence-electron chi connectivity index (χ0n) is 21.8. The number of nitrogens with zero attached hydrogens (tertiary/aromatic N) is 5. The highest BCUT2D eigenvalue weighted by atomic mass is 19.4. The third kappa shape index (κ3) is 5.61. The standard InChI is InChI=1S/C27H30F3N7O3/c1-2-26(9-10-26)15-40-25-34-19(24(39)37-11-3-4-20(37)27(28,29)30)14-21(35-25)36-12-7-16(8-13-36)18-6-5-17(31)22(33-18)23(32)38/h1,5-6,14,16,20H,3-4,7-13,15,31H2,(H2,32,38). The number of anilines is 2. The Bertz CT molecular complexity index is 1350. The SMILES string of the molecule is C#CC1(COc2nc(C(=O)N3CCCC3C(F)(F)F)cc(N3CCC(c4ccc(N)c(C(N)=O)n4)CC3)n2)CC1. The smallest absolute Gasteiger partial charge is 0.408 e. The van der Waals surface area contributed by atoms with E-state index in [1.54, 1.807) is 12.1 Å². The number of halogens is 3. The molecule has 3 fully saturated rings. The number of aromatic nitrogens is 3. The van der Waals surface area contributed by atoms with E-state index >= 15 is 0 Å². The van der Waals surface area contributed by atoms with Gasteiger partial charge in [0.25, 0.3) is 11.8 Å². The average Bonchev–Trinajstić information content (AvgIpc) is 3.54. The number of terminal acetylenes is 1. The number of carbonyl (C=O) groups is 2. The summed E-state index contributed by atoms with van der Waals surface area (Å²) in [5.41, 5.74) is 11.6. The summed E-state index contributed by atoms with van der Waals surface area (Å²) in [5, 5.41) is 0. The highest BCUT2D eigenvalue weighted by Gasteiger charge is 2.48. The van der Waals surface area contributed by atoms with Crippen molar-refractivity contribution in [2.24, 2.45) is 11.1 Å². The second kappa shape index (κ2) is 10.5. The van der Waals surface area contributed by atoms with Gasteiger partial charge in [-0.15, -0.1) is 6.42 Å². The van der Waals surface area contributed by atoms with Crippen molar-refractivity contribution in [2.45, 2.75) is 56.7 Å². The maximum Gasteiger partial charge on any atom is 0.408 e. The van der Waals surface area contributed by atoms with Crippen molar-refractivity contribution in [3.8, 4) is 18.4 Å². The largest absolute Gasteiger partial charge is 0.462 e. The van der Waals surface area contributed by atoms with E-state index in [9.17, 15) is 22.8 Å². The van der Waals surface area contributed by atoms with E-state index in [1.807, 2.05) is 4.90 Å². The second-order valence-corrected chi connectivity index (χ2v) is 10.6. The molecule has 0 spiro atoms. The third-order valence-corrected chi connectivity index (χ3v) is 7.86. The van der Waals surface area contributed by atoms with Crippen molar-refractivity contribution in [3.05, 3.63) is 35.3 Å². The Morgan fingerprint density at radius 2 is 1.85 bits per heavy atom. The minimum atomic E-state index is -4.53. The highest BCUT2D eigenvalue weighted by Crippen LogP contribution is 2.45. The van der Waals surface area contributed by atoms with E-state index in [0.29, 0.717) is 37.4 Å². The number of ether oxygens (including phenoxy) is 1. The number of hydrogen-bond donors (Lipinski definition) is 2. The molecular weight excluding hydrogens is 527 g/mol. The van der Waals surface area contributed by atoms with Crippen molar-refractivity contribution < 1.29 is 27.5 Å². The highest BCUT2D eigenvalue weighted by molar-refractivity contribution is 5.96. The Hall–Kier alpha value is -4.08. The Labute approximate surface area is 229 Å². The molecule has 1 unspecified atom stereocenters. The number of pyridine rings is 1. The molecule has 212 valence electrons. The monoisotopic (exact) mass is 557 g/mol. The van der Waals surface area contributed by atoms with Crippen LogP contribution in [0.4, 0.5) is 24.7 Å². The molecule has 40 heavy (non-hydrogen) atoms. The van der Waals surface area contributed by atoms with Gasteiger partial charge in [-0.05, 0) is 50.7 Å². The number of likely N-dealkylation sites (tertiary alicyclic amines) is 1. The summed E-state index contributed by atoms with van der Waals surface area (Å²) in [7, 11) is 0. The average molecular weight is 558 g/mol. The van der Waals surface area contributed by atoms with Crippen molar-refractivity contribution in [2.75, 3.05) is 36.9 Å². The van der Waals surface area contributed by atoms with Crippen molar-refractivity contribution in [1.82, 2.24) is 19.9 Å². The minimum Gasteiger partial charge on any atom is -0.462 e. The van der Waals surface area contributed by atoms with Gasteiger partial charge in [0, 0.05) is 37.3 Å². The van der Waals surface area contributed by atoms with Gasteiger partial charge in [-0.3, -0.25) is 9.59 Å². The Balaban J connectivity index is 1.37. The number of amides is 2. The van der Waals surface area contributed by atoms with E-state index in [-0.39, 0.29) is 55.0 Å². The lowest BCUT2D eigenvalue weighted by Gasteiger charge is -2.33. The summed E-state index contributed by atoms with van der Waals surface area (Å²) in [6.45, 7) is 1.17. The fraction of sp³-hybridized carbons (Fsp3) is 0.519. The fourth-order valence-electron chi connectivity index (χ4n) is 5.24. The summed E-state index contributed by atoms with van der Waals surface area (Å²) >= 11 is 0. The van der Waals surface area contributed by atoms with E-state index in [1.165, 1.54) is 6.07 Å². The van der Waals surface area contributed by atoms with Gasteiger partial charge in [-0.2, -0.15) is 23.1 Å². The van der Waals surface area contributed by atoms with Crippen LogP contribution in [0.5, 0.6) is 6.01 Å². The summed E-state index contributed by atoms with van der Waals surface area (Å²) in [6.07, 6.45) is 4.05. The molecule has 0 radical (unpaired) electrons. The Kier molecular flexibility index (Phi) is 7.20. The zero-order chi connectivity index (χ0) is 28.7. The number of alkyl halides is 3. The first-order valence-corrected chi connectivity index (χ1v) is 13.2. The molecule has 1 aliphatic carbocycles. The predicted octanol–water partition coefficient (Wildman–Crippen LogP) is 2.90. The molecule has 5 rings (SSSR count). The molecule has 2 aromatic heterocycles. The van der Waals surface area contributed by atoms with Crippen molar-refractivity contribution >= 4 is 23.3 Å². The molecule has 2 aliphatic heterocycles. The molecule has 3 aliphatic rings. The van der Waals surface area contributed by atoms with Crippen LogP contribution >= 0.6 is 0 Å². The zero-order valence-corrected chi connectivity index (χ0v) is 21.8. The lowest BCUT2D eigenvalue weighted by Crippen LogP contribution is -2.45. The summed E-state index contributed by atoms with van der Waals surface area (Å²) in [4.78, 5) is 40.7. The van der Waals surface area contributed by atoms with Gasteiger partial charge in [0.2, 0.25) is 0 Å². The number of nitrogens with two attached hydrogens (primary N) is 2. The molecule has 1 atom stereocenters. The van der Waals surface area contributed by atoms with Crippen LogP contribution in [-0.4, -0.2) is 70.1 Å². The first-order chi connectivity index (χ1) is 19.0. The van der Waals surface area contributed by atoms with Gasteiger partial charge in [0.15, 0.2) is 5.69 Å². The molecule has 2 amide bonds. The van der Waals surface area contributed by atoms with Crippen LogP contribution in [0.25, 0.3) is 0 Å². The van der Waals surface area contributed by atoms with Crippen molar-refractivity contribution in [1.29, 1.82) is 0 Å². The molecule has 0 aromatic carbocycles. The molecule has 2 saturated heterocycles. The lowest BCUT2D eigenvalue weighted by atomic mass is 9.92. The van der Waals surface area contributed by atoms with Gasteiger partial charge < -0.3 is 26.0 Å². The van der Waals surface area contributed by atoms with E-state index < -0.39 is 29.4 Å². The molecule has 4 heterocycles. The molecular formula is C27H30F3N7O3. The van der Waals surface area contributed by atoms with Crippen LogP contribution in [0.2, 0.25) is 0 Å². The maximum absolute atomic E-state index is 13.6. The minimum absolute atomic E-state index is 0.00792. The quantitative estimate of drug-likeness (QED) is 0.496. The molecule has 4 N–H and O–H groups in total. The van der Waals surface area contributed by atoms with Gasteiger partial charge in [0.05, 0.1) is 11.1 Å². The van der Waals surface area contributed by atoms with Gasteiger partial charge in [-0.1, -0.05) is 5.92 Å². The first-order valence-electron chi connectivity index (χ1n) is 13.2. The molecule has 13 heteroatoms. The normalized spacial score (nSPS) is 20.7. The maximum atomic E-state index is 13.6. The molecule has 2 aromatic rings. The van der Waals surface area contributed by atoms with Crippen molar-refractivity contribution in [3.63, 3.8) is 0 Å². The Morgan fingerprint density at radius 1 is 1.12 bits per heavy atom. The topological polar surface area (TPSA) is 141 Å². The second-order valence-electron chi connectivity index (χ2n) is 10.6. The summed E-state index contributed by atoms with van der Waals surface area (Å²) in [5.74, 6) is 1.59. The first kappa shape index (κ1) is 27.5. The number of primary amides is 1. The van der Waals surface area contributed by atoms with Crippen LogP contribution in [0.3, 0.4) is 0 Å². The lowest BCUT2D eigenvalue weighted by molar-refractivity contribution is -0.169. The van der Waals surface area contributed by atoms with Gasteiger partial charge >= 0.3 is 12.2 Å². The number of piperidine rings is 1. The number of rotatable bonds is 7.